The minimum Gasteiger partial charge on any atom is -0.356 e. The summed E-state index contributed by atoms with van der Waals surface area (Å²) < 4.78 is 39.3. The lowest BCUT2D eigenvalue weighted by Gasteiger charge is -2.21. The van der Waals surface area contributed by atoms with Crippen LogP contribution < -0.4 is 10.2 Å². The number of hydrogen-bond acceptors (Lipinski definition) is 2. The summed E-state index contributed by atoms with van der Waals surface area (Å²) in [4.78, 5) is 25.3. The molecule has 0 spiro atoms. The molecule has 1 aliphatic heterocycles. The predicted octanol–water partition coefficient (Wildman–Crippen LogP) is 3.22. The second-order valence-corrected chi connectivity index (χ2v) is 6.39. The predicted molar refractivity (Wildman–Crippen MR) is 84.4 cm³/mol. The number of para-hydroxylation sites is 1. The Balaban J connectivity index is 2.10. The summed E-state index contributed by atoms with van der Waals surface area (Å²) >= 11 is 0. The average molecular weight is 342 g/mol. The van der Waals surface area contributed by atoms with Crippen LogP contribution in [0.4, 0.5) is 18.9 Å². The van der Waals surface area contributed by atoms with Crippen LogP contribution in [-0.4, -0.2) is 24.9 Å². The van der Waals surface area contributed by atoms with Gasteiger partial charge < -0.3 is 10.2 Å². The number of alkyl halides is 3. The van der Waals surface area contributed by atoms with Gasteiger partial charge in [-0.3, -0.25) is 9.59 Å². The highest BCUT2D eigenvalue weighted by molar-refractivity contribution is 6.00. The van der Waals surface area contributed by atoms with Crippen LogP contribution in [0.5, 0.6) is 0 Å². The van der Waals surface area contributed by atoms with Gasteiger partial charge in [0.25, 0.3) is 0 Å². The summed E-state index contributed by atoms with van der Waals surface area (Å²) in [5.74, 6) is -0.927. The molecule has 1 fully saturated rings. The molecule has 2 amide bonds. The molecule has 4 nitrogen and oxygen atoms in total. The van der Waals surface area contributed by atoms with E-state index in [1.165, 1.54) is 18.2 Å². The van der Waals surface area contributed by atoms with E-state index in [0.717, 1.165) is 17.4 Å². The fraction of sp³-hybridized carbons (Fsp3) is 0.529. The highest BCUT2D eigenvalue weighted by Gasteiger charge is 2.40. The van der Waals surface area contributed by atoms with Gasteiger partial charge in [-0.1, -0.05) is 26.0 Å². The van der Waals surface area contributed by atoms with Gasteiger partial charge in [-0.05, 0) is 24.5 Å². The lowest BCUT2D eigenvalue weighted by atomic mass is 10.1. The van der Waals surface area contributed by atoms with Crippen molar-refractivity contribution in [1.82, 2.24) is 5.32 Å². The molecule has 1 aromatic rings. The fourth-order valence-corrected chi connectivity index (χ4v) is 2.69. The molecular weight excluding hydrogens is 321 g/mol. The van der Waals surface area contributed by atoms with Crippen LogP contribution in [0.1, 0.15) is 32.3 Å². The van der Waals surface area contributed by atoms with E-state index < -0.39 is 23.6 Å². The number of hydrogen-bond donors (Lipinski definition) is 1. The van der Waals surface area contributed by atoms with Gasteiger partial charge in [0.2, 0.25) is 11.8 Å². The first-order chi connectivity index (χ1) is 11.2. The second-order valence-electron chi connectivity index (χ2n) is 6.39. The minimum absolute atomic E-state index is 0.0283. The molecule has 1 N–H and O–H groups in total. The van der Waals surface area contributed by atoms with E-state index in [1.54, 1.807) is 0 Å². The number of anilines is 1. The molecule has 24 heavy (non-hydrogen) atoms. The first-order valence-corrected chi connectivity index (χ1v) is 7.94. The molecule has 1 saturated heterocycles. The molecule has 0 bridgehead atoms. The van der Waals surface area contributed by atoms with Crippen molar-refractivity contribution in [1.29, 1.82) is 0 Å². The quantitative estimate of drug-likeness (QED) is 0.893. The third-order valence-electron chi connectivity index (χ3n) is 4.02. The number of nitrogens with zero attached hydrogens (tertiary/aromatic N) is 1. The summed E-state index contributed by atoms with van der Waals surface area (Å²) in [5, 5.41) is 2.75. The molecule has 1 atom stereocenters. The van der Waals surface area contributed by atoms with Crippen molar-refractivity contribution in [3.05, 3.63) is 29.8 Å². The largest absolute Gasteiger partial charge is 0.418 e. The first kappa shape index (κ1) is 18.3. The number of nitrogens with one attached hydrogen (secondary N) is 1. The van der Waals surface area contributed by atoms with E-state index in [1.807, 2.05) is 13.8 Å². The van der Waals surface area contributed by atoms with Crippen LogP contribution >= 0.6 is 0 Å². The number of carbonyl (C=O) groups excluding carboxylic acids is 2. The van der Waals surface area contributed by atoms with Crippen molar-refractivity contribution in [2.45, 2.75) is 32.9 Å². The second kappa shape index (κ2) is 7.23. The Morgan fingerprint density at radius 1 is 1.33 bits per heavy atom. The Labute approximate surface area is 139 Å². The van der Waals surface area contributed by atoms with E-state index >= 15 is 0 Å². The fourth-order valence-electron chi connectivity index (χ4n) is 2.69. The molecule has 7 heteroatoms. The van der Waals surface area contributed by atoms with E-state index in [2.05, 4.69) is 5.32 Å². The van der Waals surface area contributed by atoms with Crippen LogP contribution in [0.2, 0.25) is 0 Å². The molecule has 1 aliphatic rings. The smallest absolute Gasteiger partial charge is 0.356 e. The Morgan fingerprint density at radius 2 is 2.00 bits per heavy atom. The lowest BCUT2D eigenvalue weighted by molar-refractivity contribution is -0.137. The van der Waals surface area contributed by atoms with Gasteiger partial charge in [0, 0.05) is 19.5 Å². The van der Waals surface area contributed by atoms with Crippen LogP contribution in [-0.2, 0) is 15.8 Å². The normalized spacial score (nSPS) is 18.3. The molecule has 2 rings (SSSR count). The summed E-state index contributed by atoms with van der Waals surface area (Å²) in [7, 11) is 0. The molecule has 1 heterocycles. The molecule has 0 aliphatic carbocycles. The van der Waals surface area contributed by atoms with Gasteiger partial charge in [-0.15, -0.1) is 0 Å². The zero-order valence-corrected chi connectivity index (χ0v) is 13.7. The maximum absolute atomic E-state index is 13.1. The van der Waals surface area contributed by atoms with Gasteiger partial charge in [0.05, 0.1) is 17.2 Å². The van der Waals surface area contributed by atoms with Gasteiger partial charge in [-0.25, -0.2) is 0 Å². The Bertz CT molecular complexity index is 614. The standard InChI is InChI=1S/C17H21F3N2O2/c1-11(2)7-8-21-16(24)12-9-15(23)22(10-12)14-6-4-3-5-13(14)17(18,19)20/h3-6,11-12H,7-10H2,1-2H3,(H,21,24). The topological polar surface area (TPSA) is 49.4 Å². The van der Waals surface area contributed by atoms with Crippen molar-refractivity contribution in [2.24, 2.45) is 11.8 Å². The maximum Gasteiger partial charge on any atom is 0.418 e. The number of carbonyl (C=O) groups is 2. The number of rotatable bonds is 5. The van der Waals surface area contributed by atoms with Crippen LogP contribution in [0.25, 0.3) is 0 Å². The lowest BCUT2D eigenvalue weighted by Crippen LogP contribution is -2.34. The highest BCUT2D eigenvalue weighted by atomic mass is 19.4. The molecule has 132 valence electrons. The van der Waals surface area contributed by atoms with Crippen molar-refractivity contribution >= 4 is 17.5 Å². The summed E-state index contributed by atoms with van der Waals surface area (Å²) in [6.45, 7) is 4.53. The number of halogens is 3. The van der Waals surface area contributed by atoms with Crippen molar-refractivity contribution < 1.29 is 22.8 Å². The van der Waals surface area contributed by atoms with Gasteiger partial charge in [0.15, 0.2) is 0 Å². The van der Waals surface area contributed by atoms with Crippen molar-refractivity contribution in [3.63, 3.8) is 0 Å². The summed E-state index contributed by atoms with van der Waals surface area (Å²) in [6.07, 6.45) is -3.80. The SMILES string of the molecule is CC(C)CCNC(=O)C1CC(=O)N(c2ccccc2C(F)(F)F)C1. The van der Waals surface area contributed by atoms with Crippen molar-refractivity contribution in [2.75, 3.05) is 18.0 Å². The summed E-state index contributed by atoms with van der Waals surface area (Å²) in [6, 6.07) is 4.94. The molecule has 0 radical (unpaired) electrons. The Morgan fingerprint density at radius 3 is 2.62 bits per heavy atom. The molecular formula is C17H21F3N2O2. The summed E-state index contributed by atoms with van der Waals surface area (Å²) in [5.41, 5.74) is -1.05. The van der Waals surface area contributed by atoms with Crippen molar-refractivity contribution in [3.8, 4) is 0 Å². The van der Waals surface area contributed by atoms with Gasteiger partial charge >= 0.3 is 6.18 Å². The van der Waals surface area contributed by atoms with Crippen LogP contribution in [0.15, 0.2) is 24.3 Å². The zero-order chi connectivity index (χ0) is 17.9. The molecule has 0 aromatic heterocycles. The molecule has 1 unspecified atom stereocenters. The third kappa shape index (κ3) is 4.27. The number of amides is 2. The Hall–Kier alpha value is -2.05. The van der Waals surface area contributed by atoms with E-state index in [9.17, 15) is 22.8 Å². The first-order valence-electron chi connectivity index (χ1n) is 7.94. The van der Waals surface area contributed by atoms with Gasteiger partial charge in [-0.2, -0.15) is 13.2 Å². The highest BCUT2D eigenvalue weighted by Crippen LogP contribution is 2.38. The molecule has 0 saturated carbocycles. The van der Waals surface area contributed by atoms with E-state index in [0.29, 0.717) is 12.5 Å². The monoisotopic (exact) mass is 342 g/mol. The van der Waals surface area contributed by atoms with Crippen LogP contribution in [0.3, 0.4) is 0 Å². The third-order valence-corrected chi connectivity index (χ3v) is 4.02. The average Bonchev–Trinajstić information content (AvgIpc) is 2.88. The van der Waals surface area contributed by atoms with E-state index in [-0.39, 0.29) is 24.6 Å². The number of benzene rings is 1. The minimum atomic E-state index is -4.55. The van der Waals surface area contributed by atoms with Crippen LogP contribution in [0, 0.1) is 11.8 Å². The molecule has 1 aromatic carbocycles. The van der Waals surface area contributed by atoms with Gasteiger partial charge in [0.1, 0.15) is 0 Å². The Kier molecular flexibility index (Phi) is 5.51. The zero-order valence-electron chi connectivity index (χ0n) is 13.7. The maximum atomic E-state index is 13.1. The van der Waals surface area contributed by atoms with E-state index in [4.69, 9.17) is 0 Å².